The highest BCUT2D eigenvalue weighted by atomic mass is 16.6. The van der Waals surface area contributed by atoms with Gasteiger partial charge in [0.05, 0.1) is 21.1 Å². The Kier molecular flexibility index (Phi) is 4.90. The molecule has 0 radical (unpaired) electrons. The van der Waals surface area contributed by atoms with Crippen molar-refractivity contribution in [3.8, 4) is 0 Å². The quantitative estimate of drug-likeness (QED) is 0.502. The molecule has 0 aromatic rings. The van der Waals surface area contributed by atoms with Crippen LogP contribution in [-0.2, 0) is 14.3 Å². The van der Waals surface area contributed by atoms with Gasteiger partial charge in [0.1, 0.15) is 12.6 Å². The standard InChI is InChI=1S/C10H20NO4/c1-7(12)9(6-11(3,4)5)15-10(14)8(2)13/h8-9,13H,6H2,1-5H3/q+1. The molecule has 0 aromatic heterocycles. The lowest BCUT2D eigenvalue weighted by atomic mass is 10.2. The van der Waals surface area contributed by atoms with E-state index in [1.165, 1.54) is 13.8 Å². The van der Waals surface area contributed by atoms with Gasteiger partial charge in [0.2, 0.25) is 6.10 Å². The Balaban J connectivity index is 4.43. The molecule has 0 aliphatic carbocycles. The fourth-order valence-electron chi connectivity index (χ4n) is 0.985. The minimum Gasteiger partial charge on any atom is -0.446 e. The number of carbonyl (C=O) groups excluding carboxylic acids is 2. The summed E-state index contributed by atoms with van der Waals surface area (Å²) >= 11 is 0. The molecule has 0 rings (SSSR count). The van der Waals surface area contributed by atoms with E-state index in [-0.39, 0.29) is 5.78 Å². The summed E-state index contributed by atoms with van der Waals surface area (Å²) in [4.78, 5) is 22.3. The summed E-state index contributed by atoms with van der Waals surface area (Å²) in [5.41, 5.74) is 0. The number of Topliss-reactive ketones (excluding diaryl/α,β-unsaturated/α-hetero) is 1. The summed E-state index contributed by atoms with van der Waals surface area (Å²) in [6.45, 7) is 3.08. The third-order valence-electron chi connectivity index (χ3n) is 1.77. The van der Waals surface area contributed by atoms with Crippen LogP contribution in [0.15, 0.2) is 0 Å². The normalized spacial score (nSPS) is 15.6. The van der Waals surface area contributed by atoms with E-state index < -0.39 is 18.2 Å². The Labute approximate surface area is 90.2 Å². The number of hydrogen-bond donors (Lipinski definition) is 1. The van der Waals surface area contributed by atoms with Crippen molar-refractivity contribution in [2.45, 2.75) is 26.1 Å². The first-order valence-corrected chi connectivity index (χ1v) is 4.83. The second-order valence-electron chi connectivity index (χ2n) is 4.69. The van der Waals surface area contributed by atoms with Crippen LogP contribution in [0, 0.1) is 0 Å². The summed E-state index contributed by atoms with van der Waals surface area (Å²) in [6.07, 6.45) is -1.98. The largest absolute Gasteiger partial charge is 0.446 e. The van der Waals surface area contributed by atoms with Crippen LogP contribution in [0.5, 0.6) is 0 Å². The van der Waals surface area contributed by atoms with Crippen LogP contribution in [0.25, 0.3) is 0 Å². The highest BCUT2D eigenvalue weighted by Crippen LogP contribution is 2.03. The fourth-order valence-corrected chi connectivity index (χ4v) is 0.985. The SMILES string of the molecule is CC(=O)C(C[N+](C)(C)C)OC(=O)C(C)O. The monoisotopic (exact) mass is 218 g/mol. The number of aliphatic hydroxyl groups is 1. The average Bonchev–Trinajstić information content (AvgIpc) is 1.99. The summed E-state index contributed by atoms with van der Waals surface area (Å²) < 4.78 is 5.41. The third-order valence-corrected chi connectivity index (χ3v) is 1.77. The summed E-state index contributed by atoms with van der Waals surface area (Å²) in [6, 6.07) is 0. The van der Waals surface area contributed by atoms with Crippen LogP contribution >= 0.6 is 0 Å². The average molecular weight is 218 g/mol. The molecule has 0 aliphatic rings. The highest BCUT2D eigenvalue weighted by Gasteiger charge is 2.27. The van der Waals surface area contributed by atoms with Crippen molar-refractivity contribution in [3.63, 3.8) is 0 Å². The van der Waals surface area contributed by atoms with Crippen LogP contribution in [0.4, 0.5) is 0 Å². The summed E-state index contributed by atoms with van der Waals surface area (Å²) in [7, 11) is 5.68. The van der Waals surface area contributed by atoms with Gasteiger partial charge in [0.25, 0.3) is 0 Å². The van der Waals surface area contributed by atoms with Gasteiger partial charge in [-0.05, 0) is 13.8 Å². The molecule has 88 valence electrons. The lowest BCUT2D eigenvalue weighted by Gasteiger charge is -2.27. The topological polar surface area (TPSA) is 63.6 Å². The minimum atomic E-state index is -1.20. The molecule has 0 aromatic carbocycles. The number of likely N-dealkylation sites (N-methyl/N-ethyl adjacent to an activating group) is 1. The number of nitrogens with zero attached hydrogens (tertiary/aromatic N) is 1. The van der Waals surface area contributed by atoms with Crippen molar-refractivity contribution in [2.75, 3.05) is 27.7 Å². The molecule has 0 saturated carbocycles. The molecule has 5 heteroatoms. The van der Waals surface area contributed by atoms with E-state index in [1.807, 2.05) is 21.1 Å². The summed E-state index contributed by atoms with van der Waals surface area (Å²) in [5, 5.41) is 8.96. The first kappa shape index (κ1) is 14.1. The zero-order valence-electron chi connectivity index (χ0n) is 9.98. The minimum absolute atomic E-state index is 0.211. The maximum atomic E-state index is 11.2. The predicted octanol–water partition coefficient (Wildman–Crippen LogP) is -0.426. The summed E-state index contributed by atoms with van der Waals surface area (Å²) in [5.74, 6) is -0.972. The van der Waals surface area contributed by atoms with Crippen LogP contribution < -0.4 is 0 Å². The van der Waals surface area contributed by atoms with Crippen molar-refractivity contribution in [1.82, 2.24) is 0 Å². The molecule has 0 amide bonds. The van der Waals surface area contributed by atoms with E-state index in [9.17, 15) is 9.59 Å². The van der Waals surface area contributed by atoms with Crippen molar-refractivity contribution in [3.05, 3.63) is 0 Å². The molecular formula is C10H20NO4+. The molecular weight excluding hydrogens is 198 g/mol. The van der Waals surface area contributed by atoms with Gasteiger partial charge in [0.15, 0.2) is 5.78 Å². The molecule has 2 atom stereocenters. The number of quaternary nitrogens is 1. The van der Waals surface area contributed by atoms with Crippen LogP contribution in [0.2, 0.25) is 0 Å². The first-order chi connectivity index (χ1) is 6.63. The van der Waals surface area contributed by atoms with Gasteiger partial charge < -0.3 is 14.3 Å². The zero-order chi connectivity index (χ0) is 12.2. The molecule has 5 nitrogen and oxygen atoms in total. The Morgan fingerprint density at radius 1 is 1.33 bits per heavy atom. The maximum absolute atomic E-state index is 11.2. The Bertz CT molecular complexity index is 242. The molecule has 15 heavy (non-hydrogen) atoms. The van der Waals surface area contributed by atoms with Gasteiger partial charge >= 0.3 is 5.97 Å². The molecule has 0 saturated heterocycles. The van der Waals surface area contributed by atoms with E-state index in [2.05, 4.69) is 0 Å². The molecule has 0 heterocycles. The van der Waals surface area contributed by atoms with Gasteiger partial charge in [-0.2, -0.15) is 0 Å². The third kappa shape index (κ3) is 6.19. The van der Waals surface area contributed by atoms with E-state index in [4.69, 9.17) is 9.84 Å². The number of carbonyl (C=O) groups is 2. The molecule has 0 fully saturated rings. The van der Waals surface area contributed by atoms with Crippen molar-refractivity contribution >= 4 is 11.8 Å². The van der Waals surface area contributed by atoms with Gasteiger partial charge in [-0.1, -0.05) is 0 Å². The second-order valence-corrected chi connectivity index (χ2v) is 4.69. The second kappa shape index (κ2) is 5.23. The lowest BCUT2D eigenvalue weighted by molar-refractivity contribution is -0.872. The van der Waals surface area contributed by atoms with E-state index in [0.29, 0.717) is 11.0 Å². The van der Waals surface area contributed by atoms with E-state index >= 15 is 0 Å². The van der Waals surface area contributed by atoms with Gasteiger partial charge in [-0.25, -0.2) is 4.79 Å². The number of ketones is 1. The molecule has 0 spiro atoms. The first-order valence-electron chi connectivity index (χ1n) is 4.83. The zero-order valence-corrected chi connectivity index (χ0v) is 9.98. The van der Waals surface area contributed by atoms with E-state index in [1.54, 1.807) is 0 Å². The number of ether oxygens (including phenoxy) is 1. The van der Waals surface area contributed by atoms with Gasteiger partial charge in [0, 0.05) is 0 Å². The van der Waals surface area contributed by atoms with E-state index in [0.717, 1.165) is 0 Å². The van der Waals surface area contributed by atoms with Gasteiger partial charge in [-0.3, -0.25) is 4.79 Å². The van der Waals surface area contributed by atoms with Gasteiger partial charge in [-0.15, -0.1) is 0 Å². The molecule has 1 N–H and O–H groups in total. The maximum Gasteiger partial charge on any atom is 0.335 e. The fraction of sp³-hybridized carbons (Fsp3) is 0.800. The van der Waals surface area contributed by atoms with Crippen LogP contribution in [0.3, 0.4) is 0 Å². The smallest absolute Gasteiger partial charge is 0.335 e. The highest BCUT2D eigenvalue weighted by molar-refractivity contribution is 5.84. The Morgan fingerprint density at radius 2 is 1.80 bits per heavy atom. The molecule has 2 unspecified atom stereocenters. The van der Waals surface area contributed by atoms with Crippen LogP contribution in [0.1, 0.15) is 13.8 Å². The van der Waals surface area contributed by atoms with Crippen molar-refractivity contribution < 1.29 is 23.9 Å². The molecule has 0 bridgehead atoms. The van der Waals surface area contributed by atoms with Crippen molar-refractivity contribution in [2.24, 2.45) is 0 Å². The number of hydrogen-bond acceptors (Lipinski definition) is 4. The Morgan fingerprint density at radius 3 is 2.07 bits per heavy atom. The predicted molar refractivity (Wildman–Crippen MR) is 55.1 cm³/mol. The molecule has 0 aliphatic heterocycles. The van der Waals surface area contributed by atoms with Crippen LogP contribution in [-0.4, -0.2) is 61.2 Å². The number of esters is 1. The Hall–Kier alpha value is -0.940. The van der Waals surface area contributed by atoms with Crippen molar-refractivity contribution in [1.29, 1.82) is 0 Å². The number of aliphatic hydroxyl groups excluding tert-OH is 1. The lowest BCUT2D eigenvalue weighted by Crippen LogP contribution is -2.46. The number of rotatable bonds is 5.